The molecule has 0 spiro atoms. The summed E-state index contributed by atoms with van der Waals surface area (Å²) in [6.45, 7) is -0.985. The predicted molar refractivity (Wildman–Crippen MR) is 87.6 cm³/mol. The Morgan fingerprint density at radius 1 is 0.923 bits per heavy atom. The van der Waals surface area contributed by atoms with Crippen molar-refractivity contribution >= 4 is 6.03 Å². The Morgan fingerprint density at radius 2 is 1.54 bits per heavy atom. The zero-order chi connectivity index (χ0) is 19.0. The van der Waals surface area contributed by atoms with Crippen LogP contribution in [0, 0.1) is 5.82 Å². The van der Waals surface area contributed by atoms with E-state index in [1.165, 1.54) is 12.1 Å². The van der Waals surface area contributed by atoms with E-state index in [1.54, 1.807) is 36.4 Å². The molecule has 0 saturated heterocycles. The van der Waals surface area contributed by atoms with Crippen molar-refractivity contribution in [2.75, 3.05) is 6.61 Å². The number of urea groups is 1. The average Bonchev–Trinajstić information content (AvgIpc) is 2.58. The lowest BCUT2D eigenvalue weighted by Gasteiger charge is -2.09. The summed E-state index contributed by atoms with van der Waals surface area (Å²) in [6.07, 6.45) is -4.34. The molecular formula is C18H18F4N2O2. The van der Waals surface area contributed by atoms with Gasteiger partial charge in [-0.3, -0.25) is 0 Å². The quantitative estimate of drug-likeness (QED) is 0.727. The van der Waals surface area contributed by atoms with Crippen molar-refractivity contribution in [3.8, 4) is 0 Å². The highest BCUT2D eigenvalue weighted by atomic mass is 19.4. The number of amides is 2. The zero-order valence-corrected chi connectivity index (χ0v) is 13.8. The van der Waals surface area contributed by atoms with E-state index in [1.807, 2.05) is 0 Å². The fourth-order valence-electron chi connectivity index (χ4n) is 2.11. The molecule has 0 saturated carbocycles. The summed E-state index contributed by atoms with van der Waals surface area (Å²) in [5.41, 5.74) is 2.03. The normalized spacial score (nSPS) is 11.2. The molecule has 0 unspecified atom stereocenters. The number of benzene rings is 2. The average molecular weight is 370 g/mol. The van der Waals surface area contributed by atoms with Crippen LogP contribution < -0.4 is 10.6 Å². The summed E-state index contributed by atoms with van der Waals surface area (Å²) < 4.78 is 53.6. The molecule has 8 heteroatoms. The summed E-state index contributed by atoms with van der Waals surface area (Å²) in [5, 5.41) is 5.25. The predicted octanol–water partition coefficient (Wildman–Crippen LogP) is 3.90. The molecule has 0 aliphatic rings. The van der Waals surface area contributed by atoms with Crippen LogP contribution in [0.3, 0.4) is 0 Å². The van der Waals surface area contributed by atoms with Crippen LogP contribution in [0.4, 0.5) is 22.4 Å². The summed E-state index contributed by atoms with van der Waals surface area (Å²) >= 11 is 0. The van der Waals surface area contributed by atoms with E-state index >= 15 is 0 Å². The number of halogens is 4. The van der Waals surface area contributed by atoms with Gasteiger partial charge < -0.3 is 15.4 Å². The van der Waals surface area contributed by atoms with Crippen LogP contribution >= 0.6 is 0 Å². The Kier molecular flexibility index (Phi) is 6.97. The monoisotopic (exact) mass is 370 g/mol. The molecule has 2 amide bonds. The smallest absolute Gasteiger partial charge is 0.367 e. The first kappa shape index (κ1) is 19.7. The van der Waals surface area contributed by atoms with Gasteiger partial charge in [0, 0.05) is 13.1 Å². The molecule has 4 nitrogen and oxygen atoms in total. The number of alkyl halides is 3. The molecule has 2 rings (SSSR count). The van der Waals surface area contributed by atoms with Gasteiger partial charge in [-0.05, 0) is 28.8 Å². The standard InChI is InChI=1S/C18H18F4N2O2/c19-16-3-1-2-15(8-16)10-24-17(25)23-9-13-4-6-14(7-5-13)11-26-12-18(20,21)22/h1-8H,9-12H2,(H2,23,24,25). The Bertz CT molecular complexity index is 718. The molecule has 0 heterocycles. The minimum absolute atomic E-state index is 0.138. The third-order valence-corrected chi connectivity index (χ3v) is 3.35. The van der Waals surface area contributed by atoms with E-state index in [0.29, 0.717) is 11.1 Å². The molecule has 0 bridgehead atoms. The molecule has 0 aliphatic carbocycles. The highest BCUT2D eigenvalue weighted by Crippen LogP contribution is 2.15. The maximum atomic E-state index is 13.0. The van der Waals surface area contributed by atoms with Crippen molar-refractivity contribution in [3.63, 3.8) is 0 Å². The molecule has 0 radical (unpaired) electrons. The summed E-state index contributed by atoms with van der Waals surface area (Å²) in [6, 6.07) is 12.2. The van der Waals surface area contributed by atoms with E-state index in [2.05, 4.69) is 15.4 Å². The lowest BCUT2D eigenvalue weighted by atomic mass is 10.1. The van der Waals surface area contributed by atoms with Crippen molar-refractivity contribution in [2.24, 2.45) is 0 Å². The minimum atomic E-state index is -4.34. The molecule has 2 N–H and O–H groups in total. The van der Waals surface area contributed by atoms with Crippen molar-refractivity contribution in [2.45, 2.75) is 25.9 Å². The van der Waals surface area contributed by atoms with Gasteiger partial charge in [0.05, 0.1) is 6.61 Å². The first-order valence-electron chi connectivity index (χ1n) is 7.80. The Morgan fingerprint density at radius 3 is 2.15 bits per heavy atom. The van der Waals surface area contributed by atoms with Gasteiger partial charge in [0.25, 0.3) is 0 Å². The fourth-order valence-corrected chi connectivity index (χ4v) is 2.11. The second-order valence-electron chi connectivity index (χ2n) is 5.59. The van der Waals surface area contributed by atoms with E-state index in [-0.39, 0.29) is 25.5 Å². The van der Waals surface area contributed by atoms with Gasteiger partial charge in [0.1, 0.15) is 12.4 Å². The second kappa shape index (κ2) is 9.19. The highest BCUT2D eigenvalue weighted by molar-refractivity contribution is 5.73. The number of ether oxygens (including phenoxy) is 1. The molecular weight excluding hydrogens is 352 g/mol. The molecule has 0 fully saturated rings. The van der Waals surface area contributed by atoms with Crippen LogP contribution in [0.2, 0.25) is 0 Å². The number of rotatable bonds is 7. The van der Waals surface area contributed by atoms with Crippen LogP contribution in [0.15, 0.2) is 48.5 Å². The van der Waals surface area contributed by atoms with Crippen molar-refractivity contribution in [1.29, 1.82) is 0 Å². The van der Waals surface area contributed by atoms with Crippen LogP contribution in [-0.4, -0.2) is 18.8 Å². The number of nitrogens with one attached hydrogen (secondary N) is 2. The van der Waals surface area contributed by atoms with Gasteiger partial charge in [0.2, 0.25) is 0 Å². The van der Waals surface area contributed by atoms with Crippen molar-refractivity contribution < 1.29 is 27.1 Å². The largest absolute Gasteiger partial charge is 0.411 e. The zero-order valence-electron chi connectivity index (χ0n) is 13.8. The molecule has 2 aromatic carbocycles. The van der Waals surface area contributed by atoms with E-state index in [4.69, 9.17) is 0 Å². The number of hydrogen-bond donors (Lipinski definition) is 2. The van der Waals surface area contributed by atoms with E-state index < -0.39 is 18.8 Å². The summed E-state index contributed by atoms with van der Waals surface area (Å²) in [5.74, 6) is -0.371. The Balaban J connectivity index is 1.70. The number of hydrogen-bond acceptors (Lipinski definition) is 2. The molecule has 26 heavy (non-hydrogen) atoms. The topological polar surface area (TPSA) is 50.4 Å². The minimum Gasteiger partial charge on any atom is -0.367 e. The van der Waals surface area contributed by atoms with E-state index in [9.17, 15) is 22.4 Å². The van der Waals surface area contributed by atoms with Gasteiger partial charge in [-0.2, -0.15) is 13.2 Å². The third kappa shape index (κ3) is 7.52. The summed E-state index contributed by atoms with van der Waals surface area (Å²) in [4.78, 5) is 11.7. The maximum Gasteiger partial charge on any atom is 0.411 e. The Labute approximate surface area is 148 Å². The molecule has 2 aromatic rings. The number of carbonyl (C=O) groups excluding carboxylic acids is 1. The molecule has 0 atom stereocenters. The lowest BCUT2D eigenvalue weighted by Crippen LogP contribution is -2.34. The van der Waals surface area contributed by atoms with Crippen molar-refractivity contribution in [1.82, 2.24) is 10.6 Å². The molecule has 140 valence electrons. The van der Waals surface area contributed by atoms with Gasteiger partial charge in [-0.1, -0.05) is 36.4 Å². The van der Waals surface area contributed by atoms with Gasteiger partial charge in [-0.15, -0.1) is 0 Å². The third-order valence-electron chi connectivity index (χ3n) is 3.35. The second-order valence-corrected chi connectivity index (χ2v) is 5.59. The Hall–Kier alpha value is -2.61. The van der Waals surface area contributed by atoms with Gasteiger partial charge >= 0.3 is 12.2 Å². The van der Waals surface area contributed by atoms with E-state index in [0.717, 1.165) is 5.56 Å². The van der Waals surface area contributed by atoms with Crippen LogP contribution in [0.25, 0.3) is 0 Å². The van der Waals surface area contributed by atoms with Gasteiger partial charge in [-0.25, -0.2) is 9.18 Å². The fraction of sp³-hybridized carbons (Fsp3) is 0.278. The van der Waals surface area contributed by atoms with Crippen LogP contribution in [0.1, 0.15) is 16.7 Å². The lowest BCUT2D eigenvalue weighted by molar-refractivity contribution is -0.176. The highest BCUT2D eigenvalue weighted by Gasteiger charge is 2.27. The number of carbonyl (C=O) groups is 1. The molecule has 0 aromatic heterocycles. The maximum absolute atomic E-state index is 13.0. The SMILES string of the molecule is O=C(NCc1ccc(COCC(F)(F)F)cc1)NCc1cccc(F)c1. The van der Waals surface area contributed by atoms with Crippen molar-refractivity contribution in [3.05, 3.63) is 71.0 Å². The van der Waals surface area contributed by atoms with Crippen LogP contribution in [-0.2, 0) is 24.4 Å². The first-order valence-corrected chi connectivity index (χ1v) is 7.80. The van der Waals surface area contributed by atoms with Crippen LogP contribution in [0.5, 0.6) is 0 Å². The van der Waals surface area contributed by atoms with Gasteiger partial charge in [0.15, 0.2) is 0 Å². The molecule has 0 aliphatic heterocycles. The first-order chi connectivity index (χ1) is 12.3. The summed E-state index contributed by atoms with van der Waals surface area (Å²) in [7, 11) is 0.